The molecule has 1 heterocycles. The van der Waals surface area contributed by atoms with Crippen molar-refractivity contribution >= 4 is 27.4 Å². The minimum Gasteiger partial charge on any atom is -0.465 e. The second kappa shape index (κ2) is 7.98. The molecule has 1 N–H and O–H groups in total. The lowest BCUT2D eigenvalue weighted by atomic mass is 10.1. The second-order valence-corrected chi connectivity index (χ2v) is 7.87. The van der Waals surface area contributed by atoms with Gasteiger partial charge in [0, 0.05) is 24.5 Å². The first-order valence-corrected chi connectivity index (χ1v) is 10.0. The molecule has 3 rings (SSSR count). The van der Waals surface area contributed by atoms with Crippen molar-refractivity contribution < 1.29 is 22.7 Å². The first kappa shape index (κ1) is 19.2. The van der Waals surface area contributed by atoms with Gasteiger partial charge in [-0.2, -0.15) is 0 Å². The van der Waals surface area contributed by atoms with Crippen molar-refractivity contribution in [2.45, 2.75) is 11.8 Å². The van der Waals surface area contributed by atoms with E-state index >= 15 is 0 Å². The number of methoxy groups -OCH3 is 1. The zero-order valence-corrected chi connectivity index (χ0v) is 16.1. The third-order valence-electron chi connectivity index (χ3n) is 4.39. The number of aryl methyl sites for hydroxylation is 1. The van der Waals surface area contributed by atoms with Gasteiger partial charge in [-0.15, -0.1) is 0 Å². The van der Waals surface area contributed by atoms with E-state index in [0.717, 1.165) is 18.8 Å². The molecule has 27 heavy (non-hydrogen) atoms. The molecule has 0 radical (unpaired) electrons. The Balaban J connectivity index is 1.81. The molecule has 7 nitrogen and oxygen atoms in total. The molecule has 0 atom stereocenters. The van der Waals surface area contributed by atoms with E-state index in [-0.39, 0.29) is 10.5 Å². The Morgan fingerprint density at radius 3 is 2.41 bits per heavy atom. The normalized spacial score (nSPS) is 14.7. The van der Waals surface area contributed by atoms with Crippen LogP contribution in [0.15, 0.2) is 47.4 Å². The standard InChI is InChI=1S/C19H22N2O5S/c1-14-3-4-15(19(22)25-2)13-18(14)27(23,24)20-16-5-7-17(8-6-16)21-9-11-26-12-10-21/h3-8,13,20H,9-12H2,1-2H3. The van der Waals surface area contributed by atoms with Gasteiger partial charge in [-0.25, -0.2) is 13.2 Å². The van der Waals surface area contributed by atoms with Crippen LogP contribution in [0.1, 0.15) is 15.9 Å². The van der Waals surface area contributed by atoms with Crippen LogP contribution in [0, 0.1) is 6.92 Å². The summed E-state index contributed by atoms with van der Waals surface area (Å²) in [6, 6.07) is 11.6. The van der Waals surface area contributed by atoms with E-state index in [0.29, 0.717) is 24.5 Å². The molecule has 0 amide bonds. The smallest absolute Gasteiger partial charge is 0.337 e. The van der Waals surface area contributed by atoms with Crippen LogP contribution in [0.25, 0.3) is 0 Å². The van der Waals surface area contributed by atoms with Crippen LogP contribution >= 0.6 is 0 Å². The Kier molecular flexibility index (Phi) is 5.67. The molecule has 0 spiro atoms. The Morgan fingerprint density at radius 1 is 1.11 bits per heavy atom. The van der Waals surface area contributed by atoms with Crippen molar-refractivity contribution in [3.63, 3.8) is 0 Å². The predicted molar refractivity (Wildman–Crippen MR) is 103 cm³/mol. The van der Waals surface area contributed by atoms with E-state index in [1.807, 2.05) is 12.1 Å². The van der Waals surface area contributed by atoms with Gasteiger partial charge >= 0.3 is 5.97 Å². The van der Waals surface area contributed by atoms with Gasteiger partial charge in [0.1, 0.15) is 0 Å². The number of nitrogens with one attached hydrogen (secondary N) is 1. The maximum atomic E-state index is 12.8. The molecular weight excluding hydrogens is 368 g/mol. The van der Waals surface area contributed by atoms with Gasteiger partial charge in [0.05, 0.1) is 30.8 Å². The van der Waals surface area contributed by atoms with Crippen molar-refractivity contribution in [1.82, 2.24) is 0 Å². The molecule has 1 aliphatic heterocycles. The highest BCUT2D eigenvalue weighted by Crippen LogP contribution is 2.23. The third-order valence-corrected chi connectivity index (χ3v) is 5.92. The first-order valence-electron chi connectivity index (χ1n) is 8.55. The molecule has 0 aromatic heterocycles. The first-order chi connectivity index (χ1) is 12.9. The summed E-state index contributed by atoms with van der Waals surface area (Å²) in [6.45, 7) is 4.67. The van der Waals surface area contributed by atoms with Crippen LogP contribution in [0.5, 0.6) is 0 Å². The molecule has 0 aliphatic carbocycles. The third kappa shape index (κ3) is 4.40. The van der Waals surface area contributed by atoms with Crippen molar-refractivity contribution in [1.29, 1.82) is 0 Å². The van der Waals surface area contributed by atoms with E-state index in [4.69, 9.17) is 4.74 Å². The SMILES string of the molecule is COC(=O)c1ccc(C)c(S(=O)(=O)Nc2ccc(N3CCOCC3)cc2)c1. The van der Waals surface area contributed by atoms with Crippen LogP contribution in [0.3, 0.4) is 0 Å². The zero-order valence-electron chi connectivity index (χ0n) is 15.3. The maximum absolute atomic E-state index is 12.8. The summed E-state index contributed by atoms with van der Waals surface area (Å²) in [5, 5.41) is 0. The summed E-state index contributed by atoms with van der Waals surface area (Å²) >= 11 is 0. The molecule has 0 unspecified atom stereocenters. The van der Waals surface area contributed by atoms with Crippen LogP contribution < -0.4 is 9.62 Å². The lowest BCUT2D eigenvalue weighted by Gasteiger charge is -2.28. The van der Waals surface area contributed by atoms with Gasteiger partial charge in [0.15, 0.2) is 0 Å². The number of esters is 1. The number of nitrogens with zero attached hydrogens (tertiary/aromatic N) is 1. The van der Waals surface area contributed by atoms with E-state index in [1.54, 1.807) is 25.1 Å². The fourth-order valence-corrected chi connectivity index (χ4v) is 4.24. The topological polar surface area (TPSA) is 84.9 Å². The summed E-state index contributed by atoms with van der Waals surface area (Å²) in [7, 11) is -2.58. The highest BCUT2D eigenvalue weighted by Gasteiger charge is 2.20. The summed E-state index contributed by atoms with van der Waals surface area (Å²) in [5.74, 6) is -0.582. The van der Waals surface area contributed by atoms with E-state index in [2.05, 4.69) is 14.4 Å². The fraction of sp³-hybridized carbons (Fsp3) is 0.316. The lowest BCUT2D eigenvalue weighted by molar-refractivity contribution is 0.0600. The Morgan fingerprint density at radius 2 is 1.78 bits per heavy atom. The highest BCUT2D eigenvalue weighted by atomic mass is 32.2. The van der Waals surface area contributed by atoms with Crippen LogP contribution in [-0.2, 0) is 19.5 Å². The van der Waals surface area contributed by atoms with Crippen molar-refractivity contribution in [2.75, 3.05) is 43.0 Å². The van der Waals surface area contributed by atoms with Crippen LogP contribution in [-0.4, -0.2) is 47.8 Å². The minimum absolute atomic E-state index is 0.0441. The fourth-order valence-electron chi connectivity index (χ4n) is 2.91. The summed E-state index contributed by atoms with van der Waals surface area (Å²) in [5.41, 5.74) is 2.20. The minimum atomic E-state index is -3.84. The van der Waals surface area contributed by atoms with Gasteiger partial charge in [-0.05, 0) is 48.9 Å². The van der Waals surface area contributed by atoms with Crippen molar-refractivity contribution in [2.24, 2.45) is 0 Å². The monoisotopic (exact) mass is 390 g/mol. The Bertz CT molecular complexity index is 920. The van der Waals surface area contributed by atoms with Gasteiger partial charge in [-0.1, -0.05) is 6.07 Å². The number of sulfonamides is 1. The summed E-state index contributed by atoms with van der Waals surface area (Å²) in [6.07, 6.45) is 0. The summed E-state index contributed by atoms with van der Waals surface area (Å²) < 4.78 is 38.1. The number of morpholine rings is 1. The van der Waals surface area contributed by atoms with Gasteiger partial charge in [0.25, 0.3) is 10.0 Å². The molecule has 0 bridgehead atoms. The molecule has 1 saturated heterocycles. The summed E-state index contributed by atoms with van der Waals surface area (Å²) in [4.78, 5) is 13.9. The van der Waals surface area contributed by atoms with Crippen molar-refractivity contribution in [3.05, 3.63) is 53.6 Å². The van der Waals surface area contributed by atoms with E-state index in [9.17, 15) is 13.2 Å². The largest absolute Gasteiger partial charge is 0.465 e. The van der Waals surface area contributed by atoms with Crippen molar-refractivity contribution in [3.8, 4) is 0 Å². The average molecular weight is 390 g/mol. The molecule has 8 heteroatoms. The van der Waals surface area contributed by atoms with Crippen LogP contribution in [0.2, 0.25) is 0 Å². The average Bonchev–Trinajstić information content (AvgIpc) is 2.68. The lowest BCUT2D eigenvalue weighted by Crippen LogP contribution is -2.36. The number of rotatable bonds is 5. The maximum Gasteiger partial charge on any atom is 0.337 e. The molecule has 1 aliphatic rings. The van der Waals surface area contributed by atoms with E-state index < -0.39 is 16.0 Å². The van der Waals surface area contributed by atoms with Gasteiger partial charge in [0.2, 0.25) is 0 Å². The number of carbonyl (C=O) groups is 1. The predicted octanol–water partition coefficient (Wildman–Crippen LogP) is 2.42. The molecule has 2 aromatic rings. The second-order valence-electron chi connectivity index (χ2n) is 6.22. The number of hydrogen-bond acceptors (Lipinski definition) is 6. The number of carbonyl (C=O) groups excluding carboxylic acids is 1. The number of ether oxygens (including phenoxy) is 2. The molecule has 2 aromatic carbocycles. The molecular formula is C19H22N2O5S. The molecule has 0 saturated carbocycles. The number of hydrogen-bond donors (Lipinski definition) is 1. The van der Waals surface area contributed by atoms with Crippen LogP contribution in [0.4, 0.5) is 11.4 Å². The van der Waals surface area contributed by atoms with Gasteiger partial charge in [-0.3, -0.25) is 4.72 Å². The Labute approximate surface area is 158 Å². The molecule has 144 valence electrons. The highest BCUT2D eigenvalue weighted by molar-refractivity contribution is 7.92. The van der Waals surface area contributed by atoms with Gasteiger partial charge < -0.3 is 14.4 Å². The zero-order chi connectivity index (χ0) is 19.4. The number of anilines is 2. The quantitative estimate of drug-likeness (QED) is 0.790. The number of benzene rings is 2. The van der Waals surface area contributed by atoms with E-state index in [1.165, 1.54) is 19.2 Å². The molecule has 1 fully saturated rings. The Hall–Kier alpha value is -2.58.